The summed E-state index contributed by atoms with van der Waals surface area (Å²) in [5.41, 5.74) is 24.9. The molecule has 0 saturated heterocycles. The molecular weight excluding hydrogens is 176 g/mol. The van der Waals surface area contributed by atoms with Gasteiger partial charge in [-0.25, -0.2) is 0 Å². The molecule has 4 heteroatoms. The van der Waals surface area contributed by atoms with E-state index in [0.717, 1.165) is 25.7 Å². The molecule has 0 unspecified atom stereocenters. The van der Waals surface area contributed by atoms with Crippen LogP contribution in [0.15, 0.2) is 11.1 Å². The van der Waals surface area contributed by atoms with Crippen LogP contribution in [0.2, 0.25) is 0 Å². The maximum absolute atomic E-state index is 5.55. The lowest BCUT2D eigenvalue weighted by molar-refractivity contribution is 0.766. The van der Waals surface area contributed by atoms with E-state index in [2.05, 4.69) is 0 Å². The third-order valence-electron chi connectivity index (χ3n) is 2.28. The Balaban J connectivity index is 4.45. The van der Waals surface area contributed by atoms with E-state index in [4.69, 9.17) is 22.9 Å². The summed E-state index contributed by atoms with van der Waals surface area (Å²) in [7, 11) is 0. The molecule has 84 valence electrons. The second-order valence-electron chi connectivity index (χ2n) is 3.36. The molecule has 0 aliphatic heterocycles. The number of hydrogen-bond acceptors (Lipinski definition) is 4. The van der Waals surface area contributed by atoms with Gasteiger partial charge in [0.1, 0.15) is 0 Å². The van der Waals surface area contributed by atoms with Crippen molar-refractivity contribution in [3.05, 3.63) is 11.1 Å². The summed E-state index contributed by atoms with van der Waals surface area (Å²) in [4.78, 5) is 0. The summed E-state index contributed by atoms with van der Waals surface area (Å²) in [6.07, 6.45) is 3.69. The predicted octanol–water partition coefficient (Wildman–Crippen LogP) is -0.322. The van der Waals surface area contributed by atoms with Crippen molar-refractivity contribution in [2.45, 2.75) is 25.7 Å². The van der Waals surface area contributed by atoms with Crippen LogP contribution in [0, 0.1) is 0 Å². The minimum Gasteiger partial charge on any atom is -0.330 e. The summed E-state index contributed by atoms with van der Waals surface area (Å²) in [6.45, 7) is 2.70. The summed E-state index contributed by atoms with van der Waals surface area (Å²) in [6, 6.07) is 0. The van der Waals surface area contributed by atoms with Gasteiger partial charge in [-0.3, -0.25) is 0 Å². The largest absolute Gasteiger partial charge is 0.330 e. The highest BCUT2D eigenvalue weighted by atomic mass is 14.6. The molecule has 0 bridgehead atoms. The molecule has 0 aliphatic carbocycles. The second-order valence-corrected chi connectivity index (χ2v) is 3.36. The average molecular weight is 200 g/mol. The van der Waals surface area contributed by atoms with Gasteiger partial charge < -0.3 is 22.9 Å². The highest BCUT2D eigenvalue weighted by molar-refractivity contribution is 5.15. The lowest BCUT2D eigenvalue weighted by atomic mass is 9.96. The van der Waals surface area contributed by atoms with Crippen molar-refractivity contribution in [2.24, 2.45) is 22.9 Å². The molecule has 0 aromatic rings. The van der Waals surface area contributed by atoms with Crippen LogP contribution in [0.4, 0.5) is 0 Å². The first kappa shape index (κ1) is 13.6. The van der Waals surface area contributed by atoms with Crippen LogP contribution in [0.5, 0.6) is 0 Å². The molecule has 0 heterocycles. The Kier molecular flexibility index (Phi) is 8.87. The minimum atomic E-state index is 0.675. The molecular formula is C10H24N4. The summed E-state index contributed by atoms with van der Waals surface area (Å²) >= 11 is 0. The fourth-order valence-corrected chi connectivity index (χ4v) is 1.65. The fourth-order valence-electron chi connectivity index (χ4n) is 1.65. The van der Waals surface area contributed by atoms with Crippen molar-refractivity contribution < 1.29 is 0 Å². The fraction of sp³-hybridized carbons (Fsp3) is 0.800. The van der Waals surface area contributed by atoms with Crippen molar-refractivity contribution in [1.29, 1.82) is 0 Å². The van der Waals surface area contributed by atoms with E-state index in [1.165, 1.54) is 11.1 Å². The molecule has 0 rings (SSSR count). The molecule has 0 spiro atoms. The van der Waals surface area contributed by atoms with E-state index in [1.54, 1.807) is 0 Å². The summed E-state index contributed by atoms with van der Waals surface area (Å²) < 4.78 is 0. The zero-order chi connectivity index (χ0) is 10.8. The minimum absolute atomic E-state index is 0.675. The molecule has 0 atom stereocenters. The third-order valence-corrected chi connectivity index (χ3v) is 2.28. The molecule has 0 fully saturated rings. The van der Waals surface area contributed by atoms with Crippen molar-refractivity contribution in [3.8, 4) is 0 Å². The van der Waals surface area contributed by atoms with E-state index >= 15 is 0 Å². The monoisotopic (exact) mass is 200 g/mol. The Morgan fingerprint density at radius 2 is 0.714 bits per heavy atom. The highest BCUT2D eigenvalue weighted by Crippen LogP contribution is 2.17. The number of rotatable bonds is 8. The molecule has 0 amide bonds. The van der Waals surface area contributed by atoms with Gasteiger partial charge in [0.05, 0.1) is 0 Å². The summed E-state index contributed by atoms with van der Waals surface area (Å²) in [5.74, 6) is 0. The lowest BCUT2D eigenvalue weighted by Gasteiger charge is -2.13. The first-order chi connectivity index (χ1) is 6.79. The Bertz CT molecular complexity index is 132. The Morgan fingerprint density at radius 3 is 0.857 bits per heavy atom. The predicted molar refractivity (Wildman–Crippen MR) is 61.7 cm³/mol. The van der Waals surface area contributed by atoms with Crippen molar-refractivity contribution in [1.82, 2.24) is 0 Å². The zero-order valence-electron chi connectivity index (χ0n) is 8.97. The van der Waals surface area contributed by atoms with Gasteiger partial charge in [0.15, 0.2) is 0 Å². The van der Waals surface area contributed by atoms with E-state index in [9.17, 15) is 0 Å². The van der Waals surface area contributed by atoms with Gasteiger partial charge in [-0.1, -0.05) is 11.1 Å². The third kappa shape index (κ3) is 5.34. The molecule has 0 saturated carbocycles. The average Bonchev–Trinajstić information content (AvgIpc) is 2.17. The van der Waals surface area contributed by atoms with Crippen molar-refractivity contribution >= 4 is 0 Å². The number of nitrogens with two attached hydrogens (primary N) is 4. The first-order valence-electron chi connectivity index (χ1n) is 5.30. The molecule has 8 N–H and O–H groups in total. The van der Waals surface area contributed by atoms with Crippen LogP contribution >= 0.6 is 0 Å². The van der Waals surface area contributed by atoms with Crippen LogP contribution in [0.25, 0.3) is 0 Å². The van der Waals surface area contributed by atoms with Crippen molar-refractivity contribution in [2.75, 3.05) is 26.2 Å². The van der Waals surface area contributed by atoms with Crippen LogP contribution in [0.1, 0.15) is 25.7 Å². The Hall–Kier alpha value is -0.420. The van der Waals surface area contributed by atoms with E-state index in [1.807, 2.05) is 0 Å². The molecule has 0 aromatic heterocycles. The molecule has 4 nitrogen and oxygen atoms in total. The van der Waals surface area contributed by atoms with Gasteiger partial charge in [-0.05, 0) is 51.9 Å². The summed E-state index contributed by atoms with van der Waals surface area (Å²) in [5, 5.41) is 0. The van der Waals surface area contributed by atoms with Crippen LogP contribution in [0.3, 0.4) is 0 Å². The molecule has 0 radical (unpaired) electrons. The maximum Gasteiger partial charge on any atom is -0.00398 e. The van der Waals surface area contributed by atoms with Crippen LogP contribution < -0.4 is 22.9 Å². The molecule has 14 heavy (non-hydrogen) atoms. The van der Waals surface area contributed by atoms with Crippen LogP contribution in [-0.2, 0) is 0 Å². The standard InChI is InChI=1S/C10H24N4/c11-5-1-9(2-6-12)10(3-7-13)4-8-14/h1-8,11-14H2. The molecule has 0 aliphatic rings. The SMILES string of the molecule is NCCC(CCN)=C(CCN)CCN. The number of hydrogen-bond donors (Lipinski definition) is 4. The zero-order valence-corrected chi connectivity index (χ0v) is 8.97. The van der Waals surface area contributed by atoms with Gasteiger partial charge in [0.25, 0.3) is 0 Å². The molecule has 0 aromatic carbocycles. The topological polar surface area (TPSA) is 104 Å². The maximum atomic E-state index is 5.55. The first-order valence-corrected chi connectivity index (χ1v) is 5.30. The normalized spacial score (nSPS) is 10.3. The quantitative estimate of drug-likeness (QED) is 0.403. The smallest absolute Gasteiger partial charge is 0.00398 e. The van der Waals surface area contributed by atoms with Gasteiger partial charge in [-0.2, -0.15) is 0 Å². The Morgan fingerprint density at radius 1 is 0.500 bits per heavy atom. The lowest BCUT2D eigenvalue weighted by Crippen LogP contribution is -2.12. The van der Waals surface area contributed by atoms with Crippen molar-refractivity contribution in [3.63, 3.8) is 0 Å². The van der Waals surface area contributed by atoms with Gasteiger partial charge in [-0.15, -0.1) is 0 Å². The van der Waals surface area contributed by atoms with E-state index in [-0.39, 0.29) is 0 Å². The van der Waals surface area contributed by atoms with Crippen LogP contribution in [-0.4, -0.2) is 26.2 Å². The van der Waals surface area contributed by atoms with E-state index in [0.29, 0.717) is 26.2 Å². The van der Waals surface area contributed by atoms with Gasteiger partial charge in [0.2, 0.25) is 0 Å². The Labute approximate surface area is 86.7 Å². The second kappa shape index (κ2) is 9.15. The van der Waals surface area contributed by atoms with Gasteiger partial charge >= 0.3 is 0 Å². The van der Waals surface area contributed by atoms with E-state index < -0.39 is 0 Å². The van der Waals surface area contributed by atoms with Gasteiger partial charge in [0, 0.05) is 0 Å². The highest BCUT2D eigenvalue weighted by Gasteiger charge is 2.04.